The normalized spacial score (nSPS) is 14.9. The maximum atomic E-state index is 12.4. The van der Waals surface area contributed by atoms with Gasteiger partial charge in [0.05, 0.1) is 0 Å². The van der Waals surface area contributed by atoms with Gasteiger partial charge in [0.1, 0.15) is 0 Å². The minimum Gasteiger partial charge on any atom is -0.324 e. The van der Waals surface area contributed by atoms with Crippen LogP contribution in [-0.2, 0) is 0 Å². The second-order valence-corrected chi connectivity index (χ2v) is 3.97. The summed E-state index contributed by atoms with van der Waals surface area (Å²) in [4.78, 5) is 0. The van der Waals surface area contributed by atoms with Gasteiger partial charge >= 0.3 is 12.4 Å². The minimum atomic E-state index is -5.37. The molecule has 0 saturated heterocycles. The van der Waals surface area contributed by atoms with E-state index in [4.69, 9.17) is 5.73 Å². The third kappa shape index (κ3) is 3.38. The first-order valence-electron chi connectivity index (χ1n) is 5.02. The number of alkyl halides is 6. The van der Waals surface area contributed by atoms with E-state index in [1.807, 2.05) is 0 Å². The van der Waals surface area contributed by atoms with Gasteiger partial charge in [-0.1, -0.05) is 24.3 Å². The van der Waals surface area contributed by atoms with E-state index in [-0.39, 0.29) is 0 Å². The van der Waals surface area contributed by atoms with Gasteiger partial charge < -0.3 is 5.73 Å². The largest absolute Gasteiger partial charge is 0.404 e. The van der Waals surface area contributed by atoms with Crippen LogP contribution < -0.4 is 5.73 Å². The van der Waals surface area contributed by atoms with Crippen LogP contribution in [0.5, 0.6) is 0 Å². The van der Waals surface area contributed by atoms with E-state index < -0.39 is 29.9 Å². The van der Waals surface area contributed by atoms with Crippen LogP contribution in [-0.4, -0.2) is 12.4 Å². The van der Waals surface area contributed by atoms with E-state index in [0.29, 0.717) is 5.56 Å². The number of hydrogen-bond acceptors (Lipinski definition) is 1. The molecular formula is C11H11F6N. The van der Waals surface area contributed by atoms with E-state index >= 15 is 0 Å². The summed E-state index contributed by atoms with van der Waals surface area (Å²) >= 11 is 0. The second-order valence-electron chi connectivity index (χ2n) is 3.97. The first-order valence-corrected chi connectivity index (χ1v) is 5.02. The highest BCUT2D eigenvalue weighted by Crippen LogP contribution is 2.46. The lowest BCUT2D eigenvalue weighted by Gasteiger charge is -2.23. The Morgan fingerprint density at radius 2 is 1.17 bits per heavy atom. The summed E-state index contributed by atoms with van der Waals surface area (Å²) in [5.74, 6) is -3.47. The quantitative estimate of drug-likeness (QED) is 0.811. The summed E-state index contributed by atoms with van der Waals surface area (Å²) in [5, 5.41) is 0. The number of rotatable bonds is 2. The first-order chi connectivity index (χ1) is 8.03. The van der Waals surface area contributed by atoms with Gasteiger partial charge in [0.15, 0.2) is 5.92 Å². The summed E-state index contributed by atoms with van der Waals surface area (Å²) in [6.45, 7) is 1.58. The Kier molecular flexibility index (Phi) is 3.95. The monoisotopic (exact) mass is 271 g/mol. The van der Waals surface area contributed by atoms with Crippen LogP contribution in [0.25, 0.3) is 0 Å². The molecule has 7 heteroatoms. The molecule has 0 fully saturated rings. The van der Waals surface area contributed by atoms with E-state index in [0.717, 1.165) is 12.1 Å². The van der Waals surface area contributed by atoms with Gasteiger partial charge in [-0.3, -0.25) is 0 Å². The highest BCUT2D eigenvalue weighted by atomic mass is 19.4. The number of halogens is 6. The second kappa shape index (κ2) is 4.79. The van der Waals surface area contributed by atoms with Crippen molar-refractivity contribution in [1.29, 1.82) is 0 Å². The fraction of sp³-hybridized carbons (Fsp3) is 0.455. The molecule has 1 unspecified atom stereocenters. The lowest BCUT2D eigenvalue weighted by molar-refractivity contribution is -0.253. The van der Waals surface area contributed by atoms with Crippen molar-refractivity contribution in [3.8, 4) is 0 Å². The lowest BCUT2D eigenvalue weighted by atomic mass is 9.95. The average Bonchev–Trinajstić information content (AvgIpc) is 2.13. The Labute approximate surface area is 99.6 Å². The zero-order chi connectivity index (χ0) is 14.1. The molecule has 0 saturated carbocycles. The van der Waals surface area contributed by atoms with Gasteiger partial charge in [0.2, 0.25) is 0 Å². The molecule has 0 radical (unpaired) electrons. The lowest BCUT2D eigenvalue weighted by Crippen LogP contribution is -2.34. The van der Waals surface area contributed by atoms with Crippen molar-refractivity contribution in [3.05, 3.63) is 35.4 Å². The third-order valence-electron chi connectivity index (χ3n) is 2.45. The summed E-state index contributed by atoms with van der Waals surface area (Å²) in [7, 11) is 0. The molecule has 1 atom stereocenters. The van der Waals surface area contributed by atoms with Crippen molar-refractivity contribution in [2.75, 3.05) is 0 Å². The molecule has 1 rings (SSSR count). The summed E-state index contributed by atoms with van der Waals surface area (Å²) in [6.07, 6.45) is -10.7. The Morgan fingerprint density at radius 1 is 0.833 bits per heavy atom. The SMILES string of the molecule is CC(N)c1ccc(C(C(F)(F)F)C(F)(F)F)cc1. The van der Waals surface area contributed by atoms with Gasteiger partial charge in [0.25, 0.3) is 0 Å². The maximum Gasteiger partial charge on any atom is 0.404 e. The van der Waals surface area contributed by atoms with Crippen molar-refractivity contribution in [1.82, 2.24) is 0 Å². The van der Waals surface area contributed by atoms with E-state index in [9.17, 15) is 26.3 Å². The van der Waals surface area contributed by atoms with Crippen molar-refractivity contribution >= 4 is 0 Å². The van der Waals surface area contributed by atoms with Gasteiger partial charge in [-0.2, -0.15) is 26.3 Å². The summed E-state index contributed by atoms with van der Waals surface area (Å²) < 4.78 is 74.5. The molecule has 0 bridgehead atoms. The van der Waals surface area contributed by atoms with Crippen LogP contribution in [0.2, 0.25) is 0 Å². The maximum absolute atomic E-state index is 12.4. The summed E-state index contributed by atoms with van der Waals surface area (Å²) in [5.41, 5.74) is 5.11. The highest BCUT2D eigenvalue weighted by Gasteiger charge is 2.57. The fourth-order valence-electron chi connectivity index (χ4n) is 1.56. The molecule has 1 aromatic rings. The Hall–Kier alpha value is -1.24. The van der Waals surface area contributed by atoms with Gasteiger partial charge in [-0.05, 0) is 18.1 Å². The average molecular weight is 271 g/mol. The van der Waals surface area contributed by atoms with E-state index in [2.05, 4.69) is 0 Å². The molecule has 0 amide bonds. The molecule has 0 heterocycles. The summed E-state index contributed by atoms with van der Waals surface area (Å²) in [6, 6.07) is 3.51. The van der Waals surface area contributed by atoms with Crippen LogP contribution in [0.1, 0.15) is 30.0 Å². The van der Waals surface area contributed by atoms with Gasteiger partial charge in [0, 0.05) is 6.04 Å². The van der Waals surface area contributed by atoms with Crippen LogP contribution in [0.15, 0.2) is 24.3 Å². The molecule has 1 aromatic carbocycles. The number of nitrogens with two attached hydrogens (primary N) is 1. The molecule has 18 heavy (non-hydrogen) atoms. The van der Waals surface area contributed by atoms with Crippen LogP contribution in [0.3, 0.4) is 0 Å². The molecule has 2 N–H and O–H groups in total. The van der Waals surface area contributed by atoms with Crippen molar-refractivity contribution < 1.29 is 26.3 Å². The third-order valence-corrected chi connectivity index (χ3v) is 2.45. The number of hydrogen-bond donors (Lipinski definition) is 1. The van der Waals surface area contributed by atoms with Gasteiger partial charge in [-0.15, -0.1) is 0 Å². The Morgan fingerprint density at radius 3 is 1.44 bits per heavy atom. The molecule has 0 aliphatic heterocycles. The number of benzene rings is 1. The van der Waals surface area contributed by atoms with Crippen LogP contribution in [0.4, 0.5) is 26.3 Å². The Balaban J connectivity index is 3.16. The predicted octanol–water partition coefficient (Wildman–Crippen LogP) is 3.91. The smallest absolute Gasteiger partial charge is 0.324 e. The Bertz CT molecular complexity index is 375. The molecule has 102 valence electrons. The fourth-order valence-corrected chi connectivity index (χ4v) is 1.56. The zero-order valence-corrected chi connectivity index (χ0v) is 9.31. The molecule has 0 spiro atoms. The van der Waals surface area contributed by atoms with E-state index in [1.165, 1.54) is 12.1 Å². The van der Waals surface area contributed by atoms with Crippen molar-refractivity contribution in [2.45, 2.75) is 31.2 Å². The van der Waals surface area contributed by atoms with Crippen molar-refractivity contribution in [3.63, 3.8) is 0 Å². The molecule has 0 aliphatic carbocycles. The molecular weight excluding hydrogens is 260 g/mol. The topological polar surface area (TPSA) is 26.0 Å². The molecule has 0 aromatic heterocycles. The van der Waals surface area contributed by atoms with Crippen LogP contribution in [0, 0.1) is 0 Å². The molecule has 1 nitrogen and oxygen atoms in total. The van der Waals surface area contributed by atoms with Gasteiger partial charge in [-0.25, -0.2) is 0 Å². The zero-order valence-electron chi connectivity index (χ0n) is 9.31. The molecule has 0 aliphatic rings. The standard InChI is InChI=1S/C11H11F6N/c1-6(18)7-2-4-8(5-3-7)9(10(12,13)14)11(15,16)17/h2-6,9H,18H2,1H3. The minimum absolute atomic E-state index is 0.450. The van der Waals surface area contributed by atoms with Crippen molar-refractivity contribution in [2.24, 2.45) is 5.73 Å². The highest BCUT2D eigenvalue weighted by molar-refractivity contribution is 5.29. The van der Waals surface area contributed by atoms with E-state index in [1.54, 1.807) is 6.92 Å². The first kappa shape index (κ1) is 14.8. The van der Waals surface area contributed by atoms with Crippen LogP contribution >= 0.6 is 0 Å². The predicted molar refractivity (Wildman–Crippen MR) is 53.9 cm³/mol.